The lowest BCUT2D eigenvalue weighted by atomic mass is 10.1. The van der Waals surface area contributed by atoms with Gasteiger partial charge >= 0.3 is 0 Å². The average molecular weight is 284 g/mol. The second-order valence-corrected chi connectivity index (χ2v) is 5.12. The van der Waals surface area contributed by atoms with Gasteiger partial charge in [-0.05, 0) is 36.8 Å². The third-order valence-corrected chi connectivity index (χ3v) is 3.44. The standard InChI is InChI=1S/C16H14ClN3/c1-11(13-5-2-6-18-10-13)20-15-9-14(17)8-12-4-3-7-19-16(12)15/h2-11,20H,1H3. The summed E-state index contributed by atoms with van der Waals surface area (Å²) in [4.78, 5) is 8.58. The Labute approximate surface area is 122 Å². The van der Waals surface area contributed by atoms with Gasteiger partial charge in [-0.1, -0.05) is 23.7 Å². The molecule has 0 fully saturated rings. The Kier molecular flexibility index (Phi) is 3.52. The molecule has 1 atom stereocenters. The van der Waals surface area contributed by atoms with Crippen molar-refractivity contribution in [3.05, 3.63) is 65.6 Å². The van der Waals surface area contributed by atoms with Crippen LogP contribution in [0.1, 0.15) is 18.5 Å². The van der Waals surface area contributed by atoms with E-state index in [0.717, 1.165) is 22.2 Å². The number of nitrogens with one attached hydrogen (secondary N) is 1. The van der Waals surface area contributed by atoms with Crippen LogP contribution in [0.4, 0.5) is 5.69 Å². The largest absolute Gasteiger partial charge is 0.377 e. The van der Waals surface area contributed by atoms with Crippen molar-refractivity contribution in [3.63, 3.8) is 0 Å². The van der Waals surface area contributed by atoms with Crippen LogP contribution in [0.15, 0.2) is 55.0 Å². The molecule has 0 aliphatic heterocycles. The fourth-order valence-electron chi connectivity index (χ4n) is 2.21. The van der Waals surface area contributed by atoms with E-state index in [-0.39, 0.29) is 6.04 Å². The molecule has 0 aliphatic rings. The number of hydrogen-bond donors (Lipinski definition) is 1. The quantitative estimate of drug-likeness (QED) is 0.771. The Bertz CT molecular complexity index is 728. The summed E-state index contributed by atoms with van der Waals surface area (Å²) in [6, 6.07) is 11.9. The molecule has 3 nitrogen and oxygen atoms in total. The fourth-order valence-corrected chi connectivity index (χ4v) is 2.44. The van der Waals surface area contributed by atoms with Gasteiger partial charge in [0.25, 0.3) is 0 Å². The molecule has 1 aromatic carbocycles. The van der Waals surface area contributed by atoms with Crippen LogP contribution >= 0.6 is 11.6 Å². The molecule has 100 valence electrons. The zero-order valence-electron chi connectivity index (χ0n) is 11.0. The molecule has 0 saturated carbocycles. The van der Waals surface area contributed by atoms with Crippen LogP contribution in [0.2, 0.25) is 5.02 Å². The van der Waals surface area contributed by atoms with E-state index in [2.05, 4.69) is 22.2 Å². The molecule has 0 aliphatic carbocycles. The lowest BCUT2D eigenvalue weighted by Crippen LogP contribution is -2.07. The van der Waals surface area contributed by atoms with Crippen molar-refractivity contribution in [1.82, 2.24) is 9.97 Å². The van der Waals surface area contributed by atoms with Gasteiger partial charge < -0.3 is 5.32 Å². The molecule has 3 rings (SSSR count). The average Bonchev–Trinajstić information content (AvgIpc) is 2.48. The second kappa shape index (κ2) is 5.47. The smallest absolute Gasteiger partial charge is 0.0934 e. The number of benzene rings is 1. The minimum absolute atomic E-state index is 0.132. The van der Waals surface area contributed by atoms with Crippen LogP contribution in [-0.2, 0) is 0 Å². The minimum atomic E-state index is 0.132. The van der Waals surface area contributed by atoms with Crippen molar-refractivity contribution in [1.29, 1.82) is 0 Å². The van der Waals surface area contributed by atoms with E-state index in [1.54, 1.807) is 12.4 Å². The van der Waals surface area contributed by atoms with Gasteiger partial charge in [0.1, 0.15) is 0 Å². The summed E-state index contributed by atoms with van der Waals surface area (Å²) < 4.78 is 0. The van der Waals surface area contributed by atoms with E-state index in [1.807, 2.05) is 42.6 Å². The van der Waals surface area contributed by atoms with Crippen LogP contribution in [0.25, 0.3) is 10.9 Å². The Hall–Kier alpha value is -2.13. The molecule has 20 heavy (non-hydrogen) atoms. The Balaban J connectivity index is 1.98. The topological polar surface area (TPSA) is 37.8 Å². The van der Waals surface area contributed by atoms with Crippen LogP contribution in [-0.4, -0.2) is 9.97 Å². The third kappa shape index (κ3) is 2.58. The number of nitrogens with zero attached hydrogens (tertiary/aromatic N) is 2. The zero-order chi connectivity index (χ0) is 13.9. The maximum atomic E-state index is 6.17. The van der Waals surface area contributed by atoms with E-state index < -0.39 is 0 Å². The van der Waals surface area contributed by atoms with Crippen LogP contribution < -0.4 is 5.32 Å². The molecule has 3 aromatic rings. The predicted octanol–water partition coefficient (Wildman–Crippen LogP) is 4.46. The van der Waals surface area contributed by atoms with Crippen molar-refractivity contribution < 1.29 is 0 Å². The van der Waals surface area contributed by atoms with Crippen molar-refractivity contribution >= 4 is 28.2 Å². The minimum Gasteiger partial charge on any atom is -0.377 e. The van der Waals surface area contributed by atoms with E-state index in [1.165, 1.54) is 0 Å². The van der Waals surface area contributed by atoms with Gasteiger partial charge in [-0.15, -0.1) is 0 Å². The Morgan fingerprint density at radius 1 is 1.15 bits per heavy atom. The molecule has 0 spiro atoms. The van der Waals surface area contributed by atoms with E-state index in [9.17, 15) is 0 Å². The highest BCUT2D eigenvalue weighted by atomic mass is 35.5. The third-order valence-electron chi connectivity index (χ3n) is 3.23. The summed E-state index contributed by atoms with van der Waals surface area (Å²) in [5, 5.41) is 5.18. The van der Waals surface area contributed by atoms with Crippen molar-refractivity contribution in [3.8, 4) is 0 Å². The van der Waals surface area contributed by atoms with Gasteiger partial charge in [0, 0.05) is 29.0 Å². The first-order chi connectivity index (χ1) is 9.74. The molecule has 0 saturated heterocycles. The van der Waals surface area contributed by atoms with E-state index in [4.69, 9.17) is 11.6 Å². The molecule has 0 radical (unpaired) electrons. The van der Waals surface area contributed by atoms with Crippen LogP contribution in [0.5, 0.6) is 0 Å². The molecule has 1 unspecified atom stereocenters. The highest BCUT2D eigenvalue weighted by molar-refractivity contribution is 6.31. The fraction of sp³-hybridized carbons (Fsp3) is 0.125. The van der Waals surface area contributed by atoms with Gasteiger partial charge in [-0.3, -0.25) is 9.97 Å². The highest BCUT2D eigenvalue weighted by Gasteiger charge is 2.09. The highest BCUT2D eigenvalue weighted by Crippen LogP contribution is 2.29. The number of halogens is 1. The first kappa shape index (κ1) is 12.9. The van der Waals surface area contributed by atoms with Crippen LogP contribution in [0, 0.1) is 0 Å². The molecule has 2 aromatic heterocycles. The maximum Gasteiger partial charge on any atom is 0.0934 e. The number of fused-ring (bicyclic) bond motifs is 1. The first-order valence-corrected chi connectivity index (χ1v) is 6.82. The number of pyridine rings is 2. The summed E-state index contributed by atoms with van der Waals surface area (Å²) >= 11 is 6.17. The van der Waals surface area contributed by atoms with E-state index in [0.29, 0.717) is 5.02 Å². The van der Waals surface area contributed by atoms with Crippen molar-refractivity contribution in [2.45, 2.75) is 13.0 Å². The Morgan fingerprint density at radius 3 is 2.80 bits per heavy atom. The summed E-state index contributed by atoms with van der Waals surface area (Å²) in [6.07, 6.45) is 5.42. The summed E-state index contributed by atoms with van der Waals surface area (Å²) in [7, 11) is 0. The summed E-state index contributed by atoms with van der Waals surface area (Å²) in [5.41, 5.74) is 2.98. The molecule has 4 heteroatoms. The Morgan fingerprint density at radius 2 is 2.00 bits per heavy atom. The SMILES string of the molecule is CC(Nc1cc(Cl)cc2cccnc12)c1cccnc1. The van der Waals surface area contributed by atoms with Crippen molar-refractivity contribution in [2.75, 3.05) is 5.32 Å². The molecule has 0 bridgehead atoms. The lowest BCUT2D eigenvalue weighted by molar-refractivity contribution is 0.877. The van der Waals surface area contributed by atoms with Crippen molar-refractivity contribution in [2.24, 2.45) is 0 Å². The summed E-state index contributed by atoms with van der Waals surface area (Å²) in [6.45, 7) is 2.09. The van der Waals surface area contributed by atoms with Gasteiger partial charge in [0.05, 0.1) is 17.2 Å². The second-order valence-electron chi connectivity index (χ2n) is 4.68. The number of hydrogen-bond acceptors (Lipinski definition) is 3. The molecule has 1 N–H and O–H groups in total. The number of rotatable bonds is 3. The molecular formula is C16H14ClN3. The zero-order valence-corrected chi connectivity index (χ0v) is 11.8. The number of anilines is 1. The normalized spacial score (nSPS) is 12.3. The first-order valence-electron chi connectivity index (χ1n) is 6.45. The maximum absolute atomic E-state index is 6.17. The molecule has 2 heterocycles. The van der Waals surface area contributed by atoms with Crippen LogP contribution in [0.3, 0.4) is 0 Å². The van der Waals surface area contributed by atoms with Gasteiger partial charge in [0.2, 0.25) is 0 Å². The van der Waals surface area contributed by atoms with E-state index >= 15 is 0 Å². The summed E-state index contributed by atoms with van der Waals surface area (Å²) in [5.74, 6) is 0. The van der Waals surface area contributed by atoms with Gasteiger partial charge in [0.15, 0.2) is 0 Å². The molecule has 0 amide bonds. The monoisotopic (exact) mass is 283 g/mol. The lowest BCUT2D eigenvalue weighted by Gasteiger charge is -2.16. The predicted molar refractivity (Wildman–Crippen MR) is 83.0 cm³/mol. The van der Waals surface area contributed by atoms with Gasteiger partial charge in [-0.2, -0.15) is 0 Å². The molecular weight excluding hydrogens is 270 g/mol. The van der Waals surface area contributed by atoms with Gasteiger partial charge in [-0.25, -0.2) is 0 Å². The number of aromatic nitrogens is 2.